The molecule has 4 rings (SSSR count). The van der Waals surface area contributed by atoms with E-state index in [-0.39, 0.29) is 40.7 Å². The first kappa shape index (κ1) is 33.3. The van der Waals surface area contributed by atoms with Crippen molar-refractivity contribution in [1.29, 1.82) is 0 Å². The number of hydrogen-bond donors (Lipinski definition) is 5. The van der Waals surface area contributed by atoms with Gasteiger partial charge in [-0.05, 0) is 24.3 Å². The molecular formula is C23H18N2NaO13S3. The Kier molecular flexibility index (Phi) is 9.38. The van der Waals surface area contributed by atoms with E-state index in [1.165, 1.54) is 24.3 Å². The van der Waals surface area contributed by atoms with Gasteiger partial charge >= 0.3 is 16.4 Å². The van der Waals surface area contributed by atoms with E-state index >= 15 is 0 Å². The number of nitrogens with two attached hydrogens (primary N) is 1. The number of carboxylic acids is 1. The fourth-order valence-electron chi connectivity index (χ4n) is 4.12. The number of sulfone groups is 1. The second-order valence-corrected chi connectivity index (χ2v) is 13.1. The maximum absolute atomic E-state index is 13.5. The average Bonchev–Trinajstić information content (AvgIpc) is 2.86. The molecule has 0 saturated heterocycles. The van der Waals surface area contributed by atoms with Gasteiger partial charge in [-0.2, -0.15) is 16.8 Å². The number of carbonyl (C=O) groups excluding carboxylic acids is 2. The van der Waals surface area contributed by atoms with Crippen molar-refractivity contribution >= 4 is 94.5 Å². The molecule has 19 heteroatoms. The van der Waals surface area contributed by atoms with Crippen LogP contribution in [0.1, 0.15) is 42.2 Å². The van der Waals surface area contributed by atoms with Gasteiger partial charge < -0.3 is 16.2 Å². The van der Waals surface area contributed by atoms with Gasteiger partial charge in [0.2, 0.25) is 0 Å². The van der Waals surface area contributed by atoms with Crippen molar-refractivity contribution in [3.8, 4) is 0 Å². The third kappa shape index (κ3) is 6.56. The van der Waals surface area contributed by atoms with Crippen LogP contribution in [0.25, 0.3) is 0 Å². The zero-order chi connectivity index (χ0) is 30.5. The number of carboxylic acid groups (broad SMARTS) is 1. The van der Waals surface area contributed by atoms with Crippen LogP contribution in [0.15, 0.2) is 58.3 Å². The molecule has 0 aromatic heterocycles. The molecule has 0 aliphatic heterocycles. The third-order valence-electron chi connectivity index (χ3n) is 5.91. The Hall–Kier alpha value is -3.20. The van der Waals surface area contributed by atoms with E-state index in [1.807, 2.05) is 0 Å². The van der Waals surface area contributed by atoms with Crippen LogP contribution in [0.4, 0.5) is 17.1 Å². The van der Waals surface area contributed by atoms with Gasteiger partial charge in [-0.15, -0.1) is 0 Å². The molecule has 0 fully saturated rings. The first-order valence-electron chi connectivity index (χ1n) is 11.0. The minimum atomic E-state index is -5.10. The number of ketones is 2. The molecule has 15 nitrogen and oxygen atoms in total. The molecule has 0 unspecified atom stereocenters. The van der Waals surface area contributed by atoms with Crippen LogP contribution in [0.5, 0.6) is 0 Å². The van der Waals surface area contributed by atoms with Crippen LogP contribution in [0.3, 0.4) is 0 Å². The molecule has 1 radical (unpaired) electrons. The fourth-order valence-corrected chi connectivity index (χ4v) is 6.28. The Morgan fingerprint density at radius 2 is 1.43 bits per heavy atom. The minimum Gasteiger partial charge on any atom is -0.478 e. The van der Waals surface area contributed by atoms with Crippen molar-refractivity contribution in [3.63, 3.8) is 0 Å². The van der Waals surface area contributed by atoms with Gasteiger partial charge in [-0.3, -0.25) is 18.7 Å². The van der Waals surface area contributed by atoms with Crippen molar-refractivity contribution in [1.82, 2.24) is 0 Å². The van der Waals surface area contributed by atoms with Crippen molar-refractivity contribution in [2.24, 2.45) is 0 Å². The maximum atomic E-state index is 13.5. The molecule has 1 aliphatic rings. The predicted octanol–water partition coefficient (Wildman–Crippen LogP) is 0.945. The molecule has 0 saturated carbocycles. The molecule has 0 bridgehead atoms. The molecule has 217 valence electrons. The molecule has 6 N–H and O–H groups in total. The maximum Gasteiger partial charge on any atom is 0.397 e. The van der Waals surface area contributed by atoms with E-state index in [4.69, 9.17) is 10.3 Å². The molecule has 0 atom stereocenters. The number of benzene rings is 3. The van der Waals surface area contributed by atoms with Gasteiger partial charge in [0.1, 0.15) is 4.90 Å². The van der Waals surface area contributed by atoms with Crippen LogP contribution in [0.2, 0.25) is 0 Å². The van der Waals surface area contributed by atoms with Crippen molar-refractivity contribution < 1.29 is 58.0 Å². The van der Waals surface area contributed by atoms with Crippen molar-refractivity contribution in [3.05, 3.63) is 76.3 Å². The third-order valence-corrected chi connectivity index (χ3v) is 8.95. The number of nitrogens with one attached hydrogen (secondary N) is 1. The molecule has 3 aromatic rings. The molecule has 3 aromatic carbocycles. The molecule has 0 heterocycles. The van der Waals surface area contributed by atoms with Gasteiger partial charge in [0.15, 0.2) is 21.4 Å². The van der Waals surface area contributed by atoms with Crippen LogP contribution >= 0.6 is 0 Å². The first-order chi connectivity index (χ1) is 18.9. The Labute approximate surface area is 260 Å². The van der Waals surface area contributed by atoms with E-state index in [9.17, 15) is 49.3 Å². The summed E-state index contributed by atoms with van der Waals surface area (Å²) in [4.78, 5) is 37.2. The Morgan fingerprint density at radius 3 is 1.95 bits per heavy atom. The molecule has 42 heavy (non-hydrogen) atoms. The number of carbonyl (C=O) groups is 3. The van der Waals surface area contributed by atoms with Gasteiger partial charge in [-0.1, -0.05) is 24.3 Å². The smallest absolute Gasteiger partial charge is 0.397 e. The normalized spacial score (nSPS) is 13.1. The average molecular weight is 650 g/mol. The molecule has 0 amide bonds. The summed E-state index contributed by atoms with van der Waals surface area (Å²) in [6.07, 6.45) is 0. The van der Waals surface area contributed by atoms with E-state index in [2.05, 4.69) is 9.50 Å². The second-order valence-electron chi connectivity index (χ2n) is 8.47. The number of hydrogen-bond acceptors (Lipinski definition) is 12. The van der Waals surface area contributed by atoms with E-state index in [0.29, 0.717) is 6.07 Å². The summed E-state index contributed by atoms with van der Waals surface area (Å²) in [5.74, 6) is -4.23. The Balaban J connectivity index is 0.00000484. The van der Waals surface area contributed by atoms with Crippen LogP contribution in [0, 0.1) is 0 Å². The zero-order valence-corrected chi connectivity index (χ0v) is 25.7. The van der Waals surface area contributed by atoms with E-state index < -0.39 is 104 Å². The number of nitrogen functional groups attached to an aromatic ring is 1. The molecule has 1 aliphatic carbocycles. The SMILES string of the molecule is Nc1c(S(=O)(=O)O)cc(Nc2cc(S(=O)(=O)CCOS(=O)(=O)O)ccc2C(=O)O)c2c1C(=O)c1ccccc1C2=O.[Na]. The van der Waals surface area contributed by atoms with Crippen molar-refractivity contribution in [2.45, 2.75) is 9.79 Å². The number of rotatable bonds is 9. The fraction of sp³-hybridized carbons (Fsp3) is 0.0870. The van der Waals surface area contributed by atoms with E-state index in [0.717, 1.165) is 18.2 Å². The Bertz CT molecular complexity index is 1990. The minimum absolute atomic E-state index is 0. The summed E-state index contributed by atoms with van der Waals surface area (Å²) in [5, 5.41) is 12.2. The van der Waals surface area contributed by atoms with Gasteiger partial charge in [0.25, 0.3) is 10.1 Å². The van der Waals surface area contributed by atoms with Crippen molar-refractivity contribution in [2.75, 3.05) is 23.4 Å². The quantitative estimate of drug-likeness (QED) is 0.0960. The summed E-state index contributed by atoms with van der Waals surface area (Å²) in [6, 6.07) is 8.75. The summed E-state index contributed by atoms with van der Waals surface area (Å²) in [6.45, 7) is -0.982. The van der Waals surface area contributed by atoms with Crippen LogP contribution in [-0.2, 0) is 34.5 Å². The monoisotopic (exact) mass is 649 g/mol. The molecular weight excluding hydrogens is 631 g/mol. The predicted molar refractivity (Wildman–Crippen MR) is 146 cm³/mol. The number of fused-ring (bicyclic) bond motifs is 2. The standard InChI is InChI=1S/C23H18N2O13S3.Na/c24-20-17(40(32,33)34)10-16(18-19(20)22(27)13-4-2-1-3-12(13)21(18)26)25-15-9-11(5-6-14(15)23(28)29)39(30,31)8-7-38-41(35,36)37;/h1-6,9-10,25H,7-8,24H2,(H,28,29)(H,32,33,34)(H,35,36,37);. The Morgan fingerprint density at radius 1 is 0.857 bits per heavy atom. The van der Waals surface area contributed by atoms with E-state index in [1.54, 1.807) is 0 Å². The summed E-state index contributed by atoms with van der Waals surface area (Å²) >= 11 is 0. The van der Waals surface area contributed by atoms with Gasteiger partial charge in [0.05, 0.1) is 51.0 Å². The number of anilines is 3. The topological polar surface area (TPSA) is 262 Å². The molecule has 0 spiro atoms. The van der Waals surface area contributed by atoms with Crippen LogP contribution in [-0.4, -0.2) is 98.9 Å². The first-order valence-corrected chi connectivity index (χ1v) is 15.5. The van der Waals surface area contributed by atoms with Gasteiger partial charge in [0, 0.05) is 40.7 Å². The number of aromatic carboxylic acids is 1. The van der Waals surface area contributed by atoms with Gasteiger partial charge in [-0.25, -0.2) is 17.4 Å². The summed E-state index contributed by atoms with van der Waals surface area (Å²) in [7, 11) is -14.4. The largest absolute Gasteiger partial charge is 0.478 e. The second kappa shape index (κ2) is 11.8. The zero-order valence-electron chi connectivity index (χ0n) is 21.3. The summed E-state index contributed by atoms with van der Waals surface area (Å²) < 4.78 is 93.6. The van der Waals surface area contributed by atoms with Crippen LogP contribution < -0.4 is 11.1 Å². The summed E-state index contributed by atoms with van der Waals surface area (Å²) in [5.41, 5.74) is 2.36.